The number of carboxylic acid groups (broad SMARTS) is 1. The lowest BCUT2D eigenvalue weighted by Gasteiger charge is -2.63. The summed E-state index contributed by atoms with van der Waals surface area (Å²) in [7, 11) is 1.91. The molecule has 0 bridgehead atoms. The third-order valence-corrected chi connectivity index (χ3v) is 11.9. The molecule has 2 heterocycles. The third-order valence-electron chi connectivity index (χ3n) is 11.9. The van der Waals surface area contributed by atoms with Gasteiger partial charge in [0.1, 0.15) is 12.2 Å². The van der Waals surface area contributed by atoms with Crippen LogP contribution >= 0.6 is 0 Å². The molecular formula is C39H40F3N5O4. The number of benzene rings is 3. The number of aromatic nitrogens is 3. The average molecular weight is 700 g/mol. The van der Waals surface area contributed by atoms with E-state index in [9.17, 15) is 27.9 Å². The lowest BCUT2D eigenvalue weighted by Crippen LogP contribution is -2.59. The summed E-state index contributed by atoms with van der Waals surface area (Å²) in [6.07, 6.45) is 1.54. The lowest BCUT2D eigenvalue weighted by atomic mass is 9.42. The highest BCUT2D eigenvalue weighted by atomic mass is 19.4. The quantitative estimate of drug-likeness (QED) is 0.191. The number of carbonyl (C=O) groups is 2. The normalized spacial score (nSPS) is 24.8. The van der Waals surface area contributed by atoms with E-state index in [0.717, 1.165) is 55.1 Å². The first kappa shape index (κ1) is 33.4. The van der Waals surface area contributed by atoms with Crippen molar-refractivity contribution in [2.75, 3.05) is 4.90 Å². The van der Waals surface area contributed by atoms with E-state index in [1.54, 1.807) is 12.4 Å². The van der Waals surface area contributed by atoms with Crippen LogP contribution in [0.2, 0.25) is 0 Å². The van der Waals surface area contributed by atoms with E-state index in [1.165, 1.54) is 15.9 Å². The molecule has 0 atom stereocenters. The summed E-state index contributed by atoms with van der Waals surface area (Å²) < 4.78 is 51.8. The van der Waals surface area contributed by atoms with Crippen LogP contribution in [0.15, 0.2) is 73.1 Å². The van der Waals surface area contributed by atoms with E-state index >= 15 is 0 Å². The Balaban J connectivity index is 1.06. The van der Waals surface area contributed by atoms with Gasteiger partial charge in [0.05, 0.1) is 30.2 Å². The van der Waals surface area contributed by atoms with E-state index in [4.69, 9.17) is 4.74 Å². The Morgan fingerprint density at radius 2 is 1.78 bits per heavy atom. The van der Waals surface area contributed by atoms with Gasteiger partial charge in [-0.2, -0.15) is 13.2 Å². The molecule has 1 aromatic heterocycles. The summed E-state index contributed by atoms with van der Waals surface area (Å²) in [5, 5.41) is 18.6. The number of rotatable bonds is 9. The van der Waals surface area contributed by atoms with Crippen molar-refractivity contribution < 1.29 is 32.6 Å². The molecule has 4 aromatic rings. The summed E-state index contributed by atoms with van der Waals surface area (Å²) >= 11 is 0. The Morgan fingerprint density at radius 3 is 2.41 bits per heavy atom. The molecule has 0 saturated heterocycles. The molecular weight excluding hydrogens is 659 g/mol. The number of nitrogens with zero attached hydrogens (tertiary/aromatic N) is 5. The molecule has 12 heteroatoms. The minimum atomic E-state index is -4.73. The van der Waals surface area contributed by atoms with Gasteiger partial charge in [0.2, 0.25) is 0 Å². The number of halogens is 3. The molecule has 2 amide bonds. The molecule has 4 aliphatic rings. The monoisotopic (exact) mass is 699 g/mol. The molecule has 8 rings (SSSR count). The second kappa shape index (κ2) is 11.9. The predicted molar refractivity (Wildman–Crippen MR) is 182 cm³/mol. The molecule has 9 nitrogen and oxygen atoms in total. The summed E-state index contributed by atoms with van der Waals surface area (Å²) in [5.74, 6) is 0.267. The Bertz CT molecular complexity index is 1990. The summed E-state index contributed by atoms with van der Waals surface area (Å²) in [6.45, 7) is 1.90. The van der Waals surface area contributed by atoms with Crippen LogP contribution in [0.4, 0.5) is 23.7 Å². The molecule has 3 fully saturated rings. The van der Waals surface area contributed by atoms with Gasteiger partial charge < -0.3 is 19.3 Å². The number of amides is 2. The fraction of sp³-hybridized carbons (Fsp3) is 0.436. The maximum Gasteiger partial charge on any atom is 0.416 e. The minimum absolute atomic E-state index is 0.0454. The zero-order chi connectivity index (χ0) is 35.8. The number of hydrogen-bond acceptors (Lipinski definition) is 5. The number of carbonyl (C=O) groups excluding carboxylic acids is 1. The van der Waals surface area contributed by atoms with Crippen molar-refractivity contribution in [3.8, 4) is 0 Å². The van der Waals surface area contributed by atoms with E-state index in [1.807, 2.05) is 54.9 Å². The van der Waals surface area contributed by atoms with Crippen LogP contribution in [0, 0.1) is 5.41 Å². The largest absolute Gasteiger partial charge is 0.465 e. The minimum Gasteiger partial charge on any atom is -0.465 e. The summed E-state index contributed by atoms with van der Waals surface area (Å²) in [5.41, 5.74) is 0.624. The molecule has 0 radical (unpaired) electrons. The van der Waals surface area contributed by atoms with Crippen LogP contribution in [0.25, 0.3) is 0 Å². The van der Waals surface area contributed by atoms with E-state index in [-0.39, 0.29) is 41.3 Å². The first-order valence-electron chi connectivity index (χ1n) is 17.5. The first-order chi connectivity index (χ1) is 24.3. The number of anilines is 1. The summed E-state index contributed by atoms with van der Waals surface area (Å²) in [4.78, 5) is 28.8. The van der Waals surface area contributed by atoms with Crippen molar-refractivity contribution in [1.29, 1.82) is 0 Å². The lowest BCUT2D eigenvalue weighted by molar-refractivity contribution is -0.147. The molecule has 3 saturated carbocycles. The van der Waals surface area contributed by atoms with Crippen LogP contribution in [0.1, 0.15) is 95.9 Å². The Morgan fingerprint density at radius 1 is 1.04 bits per heavy atom. The Labute approximate surface area is 294 Å². The highest BCUT2D eigenvalue weighted by Crippen LogP contribution is 2.67. The second-order valence-corrected chi connectivity index (χ2v) is 15.4. The molecule has 3 aromatic carbocycles. The first-order valence-corrected chi connectivity index (χ1v) is 17.5. The fourth-order valence-corrected chi connectivity index (χ4v) is 9.16. The highest BCUT2D eigenvalue weighted by molar-refractivity contribution is 6.10. The molecule has 266 valence electrons. The van der Waals surface area contributed by atoms with Gasteiger partial charge in [-0.05, 0) is 104 Å². The van der Waals surface area contributed by atoms with Gasteiger partial charge in [-0.1, -0.05) is 42.5 Å². The van der Waals surface area contributed by atoms with Crippen molar-refractivity contribution in [2.45, 2.75) is 94.8 Å². The highest BCUT2D eigenvalue weighted by Gasteiger charge is 2.63. The predicted octanol–water partition coefficient (Wildman–Crippen LogP) is 7.86. The van der Waals surface area contributed by atoms with Gasteiger partial charge in [0.15, 0.2) is 0 Å². The zero-order valence-electron chi connectivity index (χ0n) is 28.6. The number of alkyl halides is 3. The number of aryl methyl sites for hydroxylation is 1. The van der Waals surface area contributed by atoms with Crippen LogP contribution in [0.5, 0.6) is 0 Å². The van der Waals surface area contributed by atoms with Gasteiger partial charge >= 0.3 is 12.3 Å². The Kier molecular flexibility index (Phi) is 7.82. The van der Waals surface area contributed by atoms with Crippen LogP contribution in [-0.2, 0) is 43.1 Å². The van der Waals surface area contributed by atoms with E-state index < -0.39 is 34.7 Å². The van der Waals surface area contributed by atoms with Crippen LogP contribution in [-0.4, -0.2) is 48.4 Å². The second-order valence-electron chi connectivity index (χ2n) is 15.4. The average Bonchev–Trinajstić information content (AvgIpc) is 3.63. The van der Waals surface area contributed by atoms with Gasteiger partial charge in [0, 0.05) is 30.4 Å². The van der Waals surface area contributed by atoms with Gasteiger partial charge in [-0.15, -0.1) is 10.2 Å². The standard InChI is InChI=1S/C39H40F3N5O4/c1-36(12-7-13-36)47(35(49)50)19-26-14-30-31(32(15-26)39(40,41)42)20-46(33(30)48)28-11-6-10-27(16-28)38(34-44-43-24-45(34)2)22-37(23-38)17-29(18-37)51-21-25-8-4-3-5-9-25/h3-6,8-11,14-16,24,29H,7,12-13,17-23H2,1-2H3,(H,49,50). The van der Waals surface area contributed by atoms with Crippen LogP contribution < -0.4 is 4.90 Å². The molecule has 51 heavy (non-hydrogen) atoms. The molecule has 0 unspecified atom stereocenters. The van der Waals surface area contributed by atoms with Crippen molar-refractivity contribution in [3.05, 3.63) is 112 Å². The third kappa shape index (κ3) is 5.68. The summed E-state index contributed by atoms with van der Waals surface area (Å²) in [6, 6.07) is 20.1. The number of hydrogen-bond donors (Lipinski definition) is 1. The molecule has 3 aliphatic carbocycles. The van der Waals surface area contributed by atoms with Gasteiger partial charge in [-0.3, -0.25) is 9.69 Å². The maximum atomic E-state index is 14.5. The molecule has 1 aliphatic heterocycles. The maximum absolute atomic E-state index is 14.5. The number of ether oxygens (including phenoxy) is 1. The topological polar surface area (TPSA) is 101 Å². The molecule has 1 N–H and O–H groups in total. The number of fused-ring (bicyclic) bond motifs is 1. The van der Waals surface area contributed by atoms with Gasteiger partial charge in [-0.25, -0.2) is 4.79 Å². The van der Waals surface area contributed by atoms with Crippen molar-refractivity contribution >= 4 is 17.7 Å². The van der Waals surface area contributed by atoms with Crippen molar-refractivity contribution in [2.24, 2.45) is 12.5 Å². The smallest absolute Gasteiger partial charge is 0.416 e. The Hall–Kier alpha value is -4.71. The van der Waals surface area contributed by atoms with E-state index in [2.05, 4.69) is 22.3 Å². The van der Waals surface area contributed by atoms with Crippen molar-refractivity contribution in [1.82, 2.24) is 19.7 Å². The molecule has 1 spiro atoms. The van der Waals surface area contributed by atoms with Crippen molar-refractivity contribution in [3.63, 3.8) is 0 Å². The SMILES string of the molecule is Cn1cnnc1C1(c2cccc(N3Cc4c(cc(CN(C(=O)O)C5(C)CCC5)cc4C(F)(F)F)C3=O)c2)CC2(CC(OCc3ccccc3)C2)C1. The van der Waals surface area contributed by atoms with Gasteiger partial charge in [0.25, 0.3) is 5.91 Å². The fourth-order valence-electron chi connectivity index (χ4n) is 9.16. The zero-order valence-corrected chi connectivity index (χ0v) is 28.6. The van der Waals surface area contributed by atoms with Crippen LogP contribution in [0.3, 0.4) is 0 Å². The van der Waals surface area contributed by atoms with E-state index in [0.29, 0.717) is 25.1 Å².